The fraction of sp³-hybridized carbons (Fsp3) is 0.619. The Labute approximate surface area is 169 Å². The number of benzene rings is 1. The summed E-state index contributed by atoms with van der Waals surface area (Å²) in [5.74, 6) is 0.708. The molecule has 6 heteroatoms. The maximum absolute atomic E-state index is 13.0. The molecule has 152 valence electrons. The number of amides is 2. The first kappa shape index (κ1) is 23.4. The number of hydrogen-bond acceptors (Lipinski definition) is 3. The van der Waals surface area contributed by atoms with Gasteiger partial charge in [-0.1, -0.05) is 50.6 Å². The largest absolute Gasteiger partial charge is 0.343 e. The molecular formula is C21H34ClN3O2. The summed E-state index contributed by atoms with van der Waals surface area (Å²) in [5.41, 5.74) is 1.37. The number of nitrogens with one attached hydrogen (secondary N) is 2. The van der Waals surface area contributed by atoms with Crippen LogP contribution in [0.4, 0.5) is 0 Å². The molecule has 1 fully saturated rings. The Hall–Kier alpha value is -1.59. The maximum atomic E-state index is 13.0. The Morgan fingerprint density at radius 1 is 1.19 bits per heavy atom. The van der Waals surface area contributed by atoms with Gasteiger partial charge in [0.25, 0.3) is 0 Å². The van der Waals surface area contributed by atoms with E-state index in [1.54, 1.807) is 7.05 Å². The smallest absolute Gasteiger partial charge is 0.245 e. The van der Waals surface area contributed by atoms with Crippen molar-refractivity contribution in [3.8, 4) is 0 Å². The van der Waals surface area contributed by atoms with Gasteiger partial charge in [0.05, 0.1) is 6.54 Å². The number of carbonyl (C=O) groups excluding carboxylic acids is 2. The third-order valence-electron chi connectivity index (χ3n) is 5.43. The van der Waals surface area contributed by atoms with Crippen molar-refractivity contribution in [3.63, 3.8) is 0 Å². The third-order valence-corrected chi connectivity index (χ3v) is 5.43. The van der Waals surface area contributed by atoms with Gasteiger partial charge < -0.3 is 15.5 Å². The van der Waals surface area contributed by atoms with Crippen LogP contribution < -0.4 is 10.6 Å². The highest BCUT2D eigenvalue weighted by molar-refractivity contribution is 5.88. The van der Waals surface area contributed by atoms with Gasteiger partial charge in [-0.15, -0.1) is 12.4 Å². The molecule has 0 saturated carbocycles. The van der Waals surface area contributed by atoms with E-state index in [4.69, 9.17) is 0 Å². The van der Waals surface area contributed by atoms with E-state index in [9.17, 15) is 9.59 Å². The van der Waals surface area contributed by atoms with Crippen LogP contribution in [-0.2, 0) is 16.0 Å². The molecule has 2 rings (SSSR count). The summed E-state index contributed by atoms with van der Waals surface area (Å²) in [6.45, 7) is 5.89. The van der Waals surface area contributed by atoms with Gasteiger partial charge in [0, 0.05) is 13.1 Å². The molecule has 2 unspecified atom stereocenters. The van der Waals surface area contributed by atoms with Gasteiger partial charge in [-0.3, -0.25) is 9.59 Å². The standard InChI is InChI=1S/C21H33N3O2.ClH/c1-4-16(2)20(23-19(25)15-22-3)21(26)24-12-10-18(11-13-24)14-17-8-6-5-7-9-17;/h5-9,16,18,20,22H,4,10-15H2,1-3H3,(H,23,25);1H. The molecule has 1 aliphatic rings. The zero-order valence-electron chi connectivity index (χ0n) is 16.7. The second-order valence-electron chi connectivity index (χ2n) is 7.42. The molecule has 2 atom stereocenters. The predicted molar refractivity (Wildman–Crippen MR) is 112 cm³/mol. The molecule has 1 aliphatic heterocycles. The Balaban J connectivity index is 0.00000364. The number of likely N-dealkylation sites (N-methyl/N-ethyl adjacent to an activating group) is 1. The van der Waals surface area contributed by atoms with E-state index in [0.29, 0.717) is 5.92 Å². The molecule has 0 aliphatic carbocycles. The molecule has 0 radical (unpaired) electrons. The first-order valence-corrected chi connectivity index (χ1v) is 9.81. The molecule has 27 heavy (non-hydrogen) atoms. The first-order chi connectivity index (χ1) is 12.5. The average Bonchev–Trinajstić information content (AvgIpc) is 2.66. The van der Waals surface area contributed by atoms with Gasteiger partial charge in [-0.05, 0) is 43.7 Å². The molecular weight excluding hydrogens is 362 g/mol. The number of halogens is 1. The van der Waals surface area contributed by atoms with Crippen LogP contribution in [0.2, 0.25) is 0 Å². The number of carbonyl (C=O) groups is 2. The summed E-state index contributed by atoms with van der Waals surface area (Å²) in [6, 6.07) is 10.1. The van der Waals surface area contributed by atoms with Crippen molar-refractivity contribution >= 4 is 24.2 Å². The van der Waals surface area contributed by atoms with Crippen molar-refractivity contribution in [2.45, 2.75) is 45.6 Å². The Morgan fingerprint density at radius 2 is 1.81 bits per heavy atom. The molecule has 1 aromatic rings. The lowest BCUT2D eigenvalue weighted by molar-refractivity contribution is -0.139. The molecule has 0 bridgehead atoms. The van der Waals surface area contributed by atoms with Crippen LogP contribution in [0.1, 0.15) is 38.7 Å². The van der Waals surface area contributed by atoms with Crippen molar-refractivity contribution in [1.29, 1.82) is 0 Å². The van der Waals surface area contributed by atoms with Crippen LogP contribution in [0.25, 0.3) is 0 Å². The van der Waals surface area contributed by atoms with E-state index in [2.05, 4.69) is 41.8 Å². The molecule has 2 amide bonds. The second-order valence-corrected chi connectivity index (χ2v) is 7.42. The minimum atomic E-state index is -0.425. The minimum absolute atomic E-state index is 0. The highest BCUT2D eigenvalue weighted by Gasteiger charge is 2.32. The third kappa shape index (κ3) is 7.15. The van der Waals surface area contributed by atoms with Crippen molar-refractivity contribution < 1.29 is 9.59 Å². The van der Waals surface area contributed by atoms with Crippen LogP contribution in [0.15, 0.2) is 30.3 Å². The van der Waals surface area contributed by atoms with Gasteiger partial charge in [0.15, 0.2) is 0 Å². The molecule has 0 aromatic heterocycles. The molecule has 1 saturated heterocycles. The van der Waals surface area contributed by atoms with Crippen molar-refractivity contribution in [2.75, 3.05) is 26.7 Å². The Morgan fingerprint density at radius 3 is 2.37 bits per heavy atom. The maximum Gasteiger partial charge on any atom is 0.245 e. The molecule has 1 heterocycles. The lowest BCUT2D eigenvalue weighted by Crippen LogP contribution is -2.54. The van der Waals surface area contributed by atoms with Gasteiger partial charge in [0.1, 0.15) is 6.04 Å². The zero-order chi connectivity index (χ0) is 18.9. The van der Waals surface area contributed by atoms with Crippen LogP contribution in [0.5, 0.6) is 0 Å². The summed E-state index contributed by atoms with van der Waals surface area (Å²) in [6.07, 6.45) is 3.99. The highest BCUT2D eigenvalue weighted by Crippen LogP contribution is 2.23. The summed E-state index contributed by atoms with van der Waals surface area (Å²) >= 11 is 0. The summed E-state index contributed by atoms with van der Waals surface area (Å²) in [5, 5.41) is 5.76. The summed E-state index contributed by atoms with van der Waals surface area (Å²) < 4.78 is 0. The van der Waals surface area contributed by atoms with E-state index in [1.165, 1.54) is 5.56 Å². The normalized spacial score (nSPS) is 16.9. The van der Waals surface area contributed by atoms with E-state index < -0.39 is 6.04 Å². The van der Waals surface area contributed by atoms with Crippen LogP contribution in [-0.4, -0.2) is 49.4 Å². The monoisotopic (exact) mass is 395 g/mol. The average molecular weight is 396 g/mol. The summed E-state index contributed by atoms with van der Waals surface area (Å²) in [7, 11) is 1.73. The number of nitrogens with zero attached hydrogens (tertiary/aromatic N) is 1. The van der Waals surface area contributed by atoms with Crippen molar-refractivity contribution in [1.82, 2.24) is 15.5 Å². The fourth-order valence-corrected chi connectivity index (χ4v) is 3.57. The lowest BCUT2D eigenvalue weighted by Gasteiger charge is -2.36. The topological polar surface area (TPSA) is 61.4 Å². The van der Waals surface area contributed by atoms with Crippen LogP contribution >= 0.6 is 12.4 Å². The number of rotatable bonds is 8. The van der Waals surface area contributed by atoms with Crippen molar-refractivity contribution in [2.24, 2.45) is 11.8 Å². The van der Waals surface area contributed by atoms with Crippen LogP contribution in [0, 0.1) is 11.8 Å². The van der Waals surface area contributed by atoms with Crippen molar-refractivity contribution in [3.05, 3.63) is 35.9 Å². The SMILES string of the molecule is CCC(C)C(NC(=O)CNC)C(=O)N1CCC(Cc2ccccc2)CC1.Cl. The minimum Gasteiger partial charge on any atom is -0.343 e. The molecule has 2 N–H and O–H groups in total. The molecule has 0 spiro atoms. The summed E-state index contributed by atoms with van der Waals surface area (Å²) in [4.78, 5) is 26.9. The lowest BCUT2D eigenvalue weighted by atomic mass is 9.89. The van der Waals surface area contributed by atoms with E-state index in [1.807, 2.05) is 17.9 Å². The van der Waals surface area contributed by atoms with E-state index in [-0.39, 0.29) is 36.7 Å². The van der Waals surface area contributed by atoms with Gasteiger partial charge >= 0.3 is 0 Å². The highest BCUT2D eigenvalue weighted by atomic mass is 35.5. The Bertz CT molecular complexity index is 574. The number of likely N-dealkylation sites (tertiary alicyclic amines) is 1. The van der Waals surface area contributed by atoms with Gasteiger partial charge in [-0.25, -0.2) is 0 Å². The van der Waals surface area contributed by atoms with Gasteiger partial charge in [-0.2, -0.15) is 0 Å². The number of hydrogen-bond donors (Lipinski definition) is 2. The first-order valence-electron chi connectivity index (χ1n) is 9.81. The molecule has 5 nitrogen and oxygen atoms in total. The van der Waals surface area contributed by atoms with E-state index in [0.717, 1.165) is 38.8 Å². The van der Waals surface area contributed by atoms with Gasteiger partial charge in [0.2, 0.25) is 11.8 Å². The number of piperidine rings is 1. The van der Waals surface area contributed by atoms with Crippen LogP contribution in [0.3, 0.4) is 0 Å². The predicted octanol–water partition coefficient (Wildman–Crippen LogP) is 2.64. The molecule has 1 aromatic carbocycles. The van der Waals surface area contributed by atoms with E-state index >= 15 is 0 Å². The fourth-order valence-electron chi connectivity index (χ4n) is 3.57. The zero-order valence-corrected chi connectivity index (χ0v) is 17.6. The second kappa shape index (κ2) is 12.0. The Kier molecular flexibility index (Phi) is 10.4. The quantitative estimate of drug-likeness (QED) is 0.711.